The molecule has 1 heterocycles. The Bertz CT molecular complexity index is 502. The molecule has 0 aromatic heterocycles. The predicted molar refractivity (Wildman–Crippen MR) is 65.4 cm³/mol. The van der Waals surface area contributed by atoms with Crippen LogP contribution in [0.4, 0.5) is 0 Å². The Hall–Kier alpha value is -1.18. The summed E-state index contributed by atoms with van der Waals surface area (Å²) in [6, 6.07) is 15.1. The Kier molecular flexibility index (Phi) is 2.13. The second-order valence-corrected chi connectivity index (χ2v) is 5.00. The summed E-state index contributed by atoms with van der Waals surface area (Å²) in [4.78, 5) is 0. The van der Waals surface area contributed by atoms with E-state index in [9.17, 15) is 0 Å². The van der Waals surface area contributed by atoms with Crippen LogP contribution in [0.5, 0.6) is 11.5 Å². The average molecular weight is 251 g/mol. The van der Waals surface area contributed by atoms with Crippen LogP contribution in [0, 0.1) is 0 Å². The van der Waals surface area contributed by atoms with Crippen molar-refractivity contribution in [2.24, 2.45) is 0 Å². The second-order valence-electron chi connectivity index (χ2n) is 3.67. The summed E-state index contributed by atoms with van der Waals surface area (Å²) in [5, 5.41) is 0. The van der Waals surface area contributed by atoms with E-state index in [4.69, 9.17) is 27.9 Å². The van der Waals surface area contributed by atoms with Crippen LogP contribution in [0.15, 0.2) is 48.5 Å². The van der Waals surface area contributed by atoms with Gasteiger partial charge in [-0.2, -0.15) is 0 Å². The van der Waals surface area contributed by atoms with E-state index in [1.807, 2.05) is 48.5 Å². The quantitative estimate of drug-likeness (QED) is 0.627. The molecule has 0 saturated heterocycles. The fourth-order valence-electron chi connectivity index (χ4n) is 1.89. The van der Waals surface area contributed by atoms with Gasteiger partial charge >= 0.3 is 0 Å². The van der Waals surface area contributed by atoms with Gasteiger partial charge in [-0.3, -0.25) is 0 Å². The lowest BCUT2D eigenvalue weighted by Gasteiger charge is -2.30. The number of halogens is 2. The Morgan fingerprint density at radius 2 is 1.19 bits per heavy atom. The first-order valence-electron chi connectivity index (χ1n) is 4.94. The van der Waals surface area contributed by atoms with Gasteiger partial charge in [0.2, 0.25) is 0 Å². The molecular weight excluding hydrogens is 243 g/mol. The molecule has 80 valence electrons. The maximum atomic E-state index is 6.42. The van der Waals surface area contributed by atoms with Gasteiger partial charge < -0.3 is 4.74 Å². The van der Waals surface area contributed by atoms with Crippen molar-refractivity contribution in [2.45, 2.75) is 4.33 Å². The maximum absolute atomic E-state index is 6.42. The van der Waals surface area contributed by atoms with Crippen molar-refractivity contribution < 1.29 is 4.74 Å². The van der Waals surface area contributed by atoms with Crippen molar-refractivity contribution in [1.29, 1.82) is 0 Å². The van der Waals surface area contributed by atoms with Gasteiger partial charge in [0, 0.05) is 11.1 Å². The smallest absolute Gasteiger partial charge is 0.175 e. The van der Waals surface area contributed by atoms with Crippen molar-refractivity contribution in [3.05, 3.63) is 59.7 Å². The largest absolute Gasteiger partial charge is 0.457 e. The zero-order valence-electron chi connectivity index (χ0n) is 8.28. The summed E-state index contributed by atoms with van der Waals surface area (Å²) in [5.41, 5.74) is 1.58. The van der Waals surface area contributed by atoms with Gasteiger partial charge in [0.1, 0.15) is 11.5 Å². The Labute approximate surface area is 104 Å². The summed E-state index contributed by atoms with van der Waals surface area (Å²) in [5.74, 6) is 1.43. The van der Waals surface area contributed by atoms with Gasteiger partial charge in [0.15, 0.2) is 4.33 Å². The number of hydrogen-bond donors (Lipinski definition) is 0. The normalized spacial score (nSPS) is 15.9. The highest BCUT2D eigenvalue weighted by Gasteiger charge is 2.38. The van der Waals surface area contributed by atoms with Crippen LogP contribution in [0.1, 0.15) is 11.1 Å². The van der Waals surface area contributed by atoms with Crippen molar-refractivity contribution in [1.82, 2.24) is 0 Å². The minimum atomic E-state index is -1.04. The van der Waals surface area contributed by atoms with E-state index in [-0.39, 0.29) is 0 Å². The first kappa shape index (κ1) is 10.0. The van der Waals surface area contributed by atoms with Crippen molar-refractivity contribution >= 4 is 23.2 Å². The van der Waals surface area contributed by atoms with E-state index in [0.29, 0.717) is 11.5 Å². The lowest BCUT2D eigenvalue weighted by atomic mass is 9.99. The standard InChI is InChI=1S/C13H8Cl2O/c14-13(15)9-5-1-3-7-11(9)16-12-8-4-2-6-10(12)13/h1-8H. The molecular formula is C13H8Cl2O. The molecule has 0 fully saturated rings. The molecule has 3 heteroatoms. The molecule has 0 spiro atoms. The molecule has 0 bridgehead atoms. The van der Waals surface area contributed by atoms with Crippen LogP contribution in [-0.2, 0) is 4.33 Å². The van der Waals surface area contributed by atoms with Crippen LogP contribution in [-0.4, -0.2) is 0 Å². The van der Waals surface area contributed by atoms with E-state index in [1.165, 1.54) is 0 Å². The minimum absolute atomic E-state index is 0.714. The van der Waals surface area contributed by atoms with E-state index in [2.05, 4.69) is 0 Å². The molecule has 0 amide bonds. The first-order valence-corrected chi connectivity index (χ1v) is 5.70. The zero-order chi connectivity index (χ0) is 11.2. The lowest BCUT2D eigenvalue weighted by molar-refractivity contribution is 0.453. The monoisotopic (exact) mass is 250 g/mol. The topological polar surface area (TPSA) is 9.23 Å². The van der Waals surface area contributed by atoms with Crippen LogP contribution in [0.3, 0.4) is 0 Å². The summed E-state index contributed by atoms with van der Waals surface area (Å²) in [6.07, 6.45) is 0. The Morgan fingerprint density at radius 3 is 1.69 bits per heavy atom. The third-order valence-corrected chi connectivity index (χ3v) is 3.48. The molecule has 1 nitrogen and oxygen atoms in total. The number of ether oxygens (including phenoxy) is 1. The maximum Gasteiger partial charge on any atom is 0.175 e. The number of para-hydroxylation sites is 2. The Morgan fingerprint density at radius 1 is 0.750 bits per heavy atom. The summed E-state index contributed by atoms with van der Waals surface area (Å²) in [7, 11) is 0. The summed E-state index contributed by atoms with van der Waals surface area (Å²) >= 11 is 12.8. The SMILES string of the molecule is ClC1(Cl)c2ccccc2Oc2ccccc21. The number of alkyl halides is 2. The number of benzene rings is 2. The van der Waals surface area contributed by atoms with Crippen LogP contribution >= 0.6 is 23.2 Å². The minimum Gasteiger partial charge on any atom is -0.457 e. The predicted octanol–water partition coefficient (Wildman–Crippen LogP) is 4.47. The highest BCUT2D eigenvalue weighted by atomic mass is 35.5. The fraction of sp³-hybridized carbons (Fsp3) is 0.0769. The zero-order valence-corrected chi connectivity index (χ0v) is 9.79. The number of hydrogen-bond acceptors (Lipinski definition) is 1. The summed E-state index contributed by atoms with van der Waals surface area (Å²) in [6.45, 7) is 0. The first-order chi connectivity index (χ1) is 7.69. The third-order valence-electron chi connectivity index (χ3n) is 2.67. The molecule has 0 atom stereocenters. The molecule has 3 rings (SSSR count). The molecule has 2 aromatic carbocycles. The third kappa shape index (κ3) is 1.32. The van der Waals surface area contributed by atoms with Crippen molar-refractivity contribution in [2.75, 3.05) is 0 Å². The van der Waals surface area contributed by atoms with Gasteiger partial charge in [-0.15, -0.1) is 0 Å². The van der Waals surface area contributed by atoms with Gasteiger partial charge in [0.05, 0.1) is 0 Å². The van der Waals surface area contributed by atoms with E-state index >= 15 is 0 Å². The van der Waals surface area contributed by atoms with Crippen molar-refractivity contribution in [3.8, 4) is 11.5 Å². The summed E-state index contributed by atoms with van der Waals surface area (Å²) < 4.78 is 4.71. The van der Waals surface area contributed by atoms with E-state index in [1.54, 1.807) is 0 Å². The Balaban J connectivity index is 2.28. The fourth-order valence-corrected chi connectivity index (χ4v) is 2.52. The molecule has 1 aliphatic rings. The van der Waals surface area contributed by atoms with Crippen LogP contribution in [0.25, 0.3) is 0 Å². The highest BCUT2D eigenvalue weighted by Crippen LogP contribution is 2.52. The molecule has 0 saturated carbocycles. The lowest BCUT2D eigenvalue weighted by Crippen LogP contribution is -2.18. The van der Waals surface area contributed by atoms with Gasteiger partial charge in [-0.1, -0.05) is 59.6 Å². The van der Waals surface area contributed by atoms with Gasteiger partial charge in [-0.25, -0.2) is 0 Å². The van der Waals surface area contributed by atoms with E-state index in [0.717, 1.165) is 11.1 Å². The van der Waals surface area contributed by atoms with Crippen molar-refractivity contribution in [3.63, 3.8) is 0 Å². The molecule has 16 heavy (non-hydrogen) atoms. The highest BCUT2D eigenvalue weighted by molar-refractivity contribution is 6.50. The second kappa shape index (κ2) is 3.41. The van der Waals surface area contributed by atoms with Gasteiger partial charge in [0.25, 0.3) is 0 Å². The molecule has 0 aliphatic carbocycles. The van der Waals surface area contributed by atoms with E-state index < -0.39 is 4.33 Å². The molecule has 0 radical (unpaired) electrons. The number of rotatable bonds is 0. The average Bonchev–Trinajstić information content (AvgIpc) is 2.29. The molecule has 0 unspecified atom stereocenters. The molecule has 2 aromatic rings. The molecule has 1 aliphatic heterocycles. The van der Waals surface area contributed by atoms with Crippen LogP contribution < -0.4 is 4.74 Å². The van der Waals surface area contributed by atoms with Crippen LogP contribution in [0.2, 0.25) is 0 Å². The number of fused-ring (bicyclic) bond motifs is 2. The van der Waals surface area contributed by atoms with Gasteiger partial charge in [-0.05, 0) is 12.1 Å². The molecule has 0 N–H and O–H groups in total.